The van der Waals surface area contributed by atoms with Gasteiger partial charge in [-0.3, -0.25) is 0 Å². The molecule has 3 rings (SSSR count). The quantitative estimate of drug-likeness (QED) is 0.792. The van der Waals surface area contributed by atoms with E-state index >= 15 is 0 Å². The van der Waals surface area contributed by atoms with Crippen molar-refractivity contribution in [2.45, 2.75) is 6.54 Å². The average molecular weight is 369 g/mol. The normalized spacial score (nSPS) is 12.6. The number of nitrogens with one attached hydrogen (secondary N) is 2. The molecule has 0 fully saturated rings. The van der Waals surface area contributed by atoms with Gasteiger partial charge in [-0.05, 0) is 42.0 Å². The van der Waals surface area contributed by atoms with Crippen molar-refractivity contribution in [2.24, 2.45) is 0 Å². The van der Waals surface area contributed by atoms with Crippen LogP contribution in [0.4, 0.5) is 5.69 Å². The third-order valence-corrected chi connectivity index (χ3v) is 4.22. The zero-order valence-electron chi connectivity index (χ0n) is 12.1. The van der Waals surface area contributed by atoms with E-state index in [9.17, 15) is 0 Å². The van der Waals surface area contributed by atoms with E-state index in [1.807, 2.05) is 30.3 Å². The number of hydrogen-bond donors (Lipinski definition) is 2. The number of halogens is 2. The van der Waals surface area contributed by atoms with Gasteiger partial charge in [0.15, 0.2) is 16.6 Å². The highest BCUT2D eigenvalue weighted by Gasteiger charge is 2.12. The molecular formula is C16H14Cl2N2O2S. The molecule has 0 unspecified atom stereocenters. The first-order valence-electron chi connectivity index (χ1n) is 7.00. The highest BCUT2D eigenvalue weighted by molar-refractivity contribution is 7.80. The Labute approximate surface area is 149 Å². The Bertz CT molecular complexity index is 740. The molecule has 4 nitrogen and oxygen atoms in total. The van der Waals surface area contributed by atoms with Gasteiger partial charge in [-0.2, -0.15) is 0 Å². The standard InChI is InChI=1S/C16H14Cl2N2O2S/c17-12-3-1-10(7-13(12)18)9-19-16(23)20-11-2-4-14-15(8-11)22-6-5-21-14/h1-4,7-8H,5-6,9H2,(H2,19,20,23). The predicted molar refractivity (Wildman–Crippen MR) is 97.0 cm³/mol. The summed E-state index contributed by atoms with van der Waals surface area (Å²) in [6, 6.07) is 11.1. The van der Waals surface area contributed by atoms with Gasteiger partial charge in [0, 0.05) is 18.3 Å². The van der Waals surface area contributed by atoms with Gasteiger partial charge in [-0.1, -0.05) is 29.3 Å². The second-order valence-electron chi connectivity index (χ2n) is 4.91. The Kier molecular flexibility index (Phi) is 5.10. The third-order valence-electron chi connectivity index (χ3n) is 3.24. The average Bonchev–Trinajstić information content (AvgIpc) is 2.56. The van der Waals surface area contributed by atoms with E-state index in [0.29, 0.717) is 40.7 Å². The zero-order valence-corrected chi connectivity index (χ0v) is 14.4. The van der Waals surface area contributed by atoms with Gasteiger partial charge in [0.25, 0.3) is 0 Å². The lowest BCUT2D eigenvalue weighted by atomic mass is 10.2. The molecule has 0 saturated carbocycles. The molecule has 2 aromatic rings. The number of ether oxygens (including phenoxy) is 2. The smallest absolute Gasteiger partial charge is 0.171 e. The highest BCUT2D eigenvalue weighted by atomic mass is 35.5. The Morgan fingerprint density at radius 1 is 1.00 bits per heavy atom. The van der Waals surface area contributed by atoms with E-state index in [1.165, 1.54) is 0 Å². The Morgan fingerprint density at radius 2 is 1.78 bits per heavy atom. The van der Waals surface area contributed by atoms with Gasteiger partial charge in [0.2, 0.25) is 0 Å². The van der Waals surface area contributed by atoms with Crippen molar-refractivity contribution < 1.29 is 9.47 Å². The maximum atomic E-state index is 5.99. The van der Waals surface area contributed by atoms with E-state index in [-0.39, 0.29) is 0 Å². The maximum absolute atomic E-state index is 5.99. The molecule has 0 radical (unpaired) electrons. The highest BCUT2D eigenvalue weighted by Crippen LogP contribution is 2.32. The minimum atomic E-state index is 0.507. The molecule has 0 aliphatic carbocycles. The number of hydrogen-bond acceptors (Lipinski definition) is 3. The van der Waals surface area contributed by atoms with Crippen LogP contribution in [0.25, 0.3) is 0 Å². The first-order chi connectivity index (χ1) is 11.1. The van der Waals surface area contributed by atoms with Crippen LogP contribution in [0.15, 0.2) is 36.4 Å². The molecular weight excluding hydrogens is 355 g/mol. The van der Waals surface area contributed by atoms with Gasteiger partial charge >= 0.3 is 0 Å². The summed E-state index contributed by atoms with van der Waals surface area (Å²) in [5, 5.41) is 7.80. The largest absolute Gasteiger partial charge is 0.486 e. The van der Waals surface area contributed by atoms with Crippen LogP contribution >= 0.6 is 35.4 Å². The van der Waals surface area contributed by atoms with Crippen molar-refractivity contribution in [1.29, 1.82) is 0 Å². The molecule has 0 atom stereocenters. The van der Waals surface area contributed by atoms with Crippen molar-refractivity contribution in [3.63, 3.8) is 0 Å². The van der Waals surface area contributed by atoms with Gasteiger partial charge in [-0.15, -0.1) is 0 Å². The summed E-state index contributed by atoms with van der Waals surface area (Å²) < 4.78 is 11.0. The van der Waals surface area contributed by atoms with Crippen molar-refractivity contribution in [2.75, 3.05) is 18.5 Å². The van der Waals surface area contributed by atoms with Crippen LogP contribution in [-0.4, -0.2) is 18.3 Å². The fraction of sp³-hybridized carbons (Fsp3) is 0.188. The topological polar surface area (TPSA) is 42.5 Å². The Balaban J connectivity index is 1.57. The van der Waals surface area contributed by atoms with Gasteiger partial charge in [0.1, 0.15) is 13.2 Å². The molecule has 120 valence electrons. The van der Waals surface area contributed by atoms with Crippen LogP contribution in [0, 0.1) is 0 Å². The van der Waals surface area contributed by atoms with Crippen molar-refractivity contribution in [3.05, 3.63) is 52.0 Å². The van der Waals surface area contributed by atoms with Gasteiger partial charge in [-0.25, -0.2) is 0 Å². The van der Waals surface area contributed by atoms with Crippen LogP contribution in [0.1, 0.15) is 5.56 Å². The number of thiocarbonyl (C=S) groups is 1. The SMILES string of the molecule is S=C(NCc1ccc(Cl)c(Cl)c1)Nc1ccc2c(c1)OCCO2. The van der Waals surface area contributed by atoms with Gasteiger partial charge < -0.3 is 20.1 Å². The molecule has 1 aliphatic rings. The minimum absolute atomic E-state index is 0.507. The monoisotopic (exact) mass is 368 g/mol. The van der Waals surface area contributed by atoms with Crippen molar-refractivity contribution in [1.82, 2.24) is 5.32 Å². The predicted octanol–water partition coefficient (Wildman–Crippen LogP) is 4.25. The molecule has 2 N–H and O–H groups in total. The molecule has 2 aromatic carbocycles. The molecule has 1 aliphatic heterocycles. The summed E-state index contributed by atoms with van der Waals surface area (Å²) in [5.74, 6) is 1.46. The molecule has 7 heteroatoms. The lowest BCUT2D eigenvalue weighted by molar-refractivity contribution is 0.171. The summed E-state index contributed by atoms with van der Waals surface area (Å²) in [4.78, 5) is 0. The zero-order chi connectivity index (χ0) is 16.2. The summed E-state index contributed by atoms with van der Waals surface area (Å²) in [6.07, 6.45) is 0. The molecule has 0 saturated heterocycles. The minimum Gasteiger partial charge on any atom is -0.486 e. The molecule has 1 heterocycles. The Hall–Kier alpha value is -1.69. The van der Waals surface area contributed by atoms with E-state index in [4.69, 9.17) is 44.9 Å². The number of anilines is 1. The lowest BCUT2D eigenvalue weighted by Gasteiger charge is -2.19. The summed E-state index contributed by atoms with van der Waals surface area (Å²) in [5.41, 5.74) is 1.83. The number of benzene rings is 2. The van der Waals surface area contributed by atoms with Gasteiger partial charge in [0.05, 0.1) is 10.0 Å². The number of fused-ring (bicyclic) bond motifs is 1. The second kappa shape index (κ2) is 7.25. The van der Waals surface area contributed by atoms with E-state index in [1.54, 1.807) is 6.07 Å². The maximum Gasteiger partial charge on any atom is 0.171 e. The van der Waals surface area contributed by atoms with Crippen molar-refractivity contribution in [3.8, 4) is 11.5 Å². The van der Waals surface area contributed by atoms with E-state index in [2.05, 4.69) is 10.6 Å². The summed E-state index contributed by atoms with van der Waals surface area (Å²) in [6.45, 7) is 1.67. The lowest BCUT2D eigenvalue weighted by Crippen LogP contribution is -2.28. The summed E-state index contributed by atoms with van der Waals surface area (Å²) in [7, 11) is 0. The first-order valence-corrected chi connectivity index (χ1v) is 8.17. The third kappa shape index (κ3) is 4.19. The molecule has 23 heavy (non-hydrogen) atoms. The number of rotatable bonds is 3. The molecule has 0 spiro atoms. The van der Waals surface area contributed by atoms with Crippen LogP contribution in [0.3, 0.4) is 0 Å². The Morgan fingerprint density at radius 3 is 2.57 bits per heavy atom. The van der Waals surface area contributed by atoms with Crippen molar-refractivity contribution >= 4 is 46.2 Å². The van der Waals surface area contributed by atoms with Crippen LogP contribution in [0.2, 0.25) is 10.0 Å². The molecule has 0 aromatic heterocycles. The first kappa shape index (κ1) is 16.2. The fourth-order valence-electron chi connectivity index (χ4n) is 2.13. The summed E-state index contributed by atoms with van der Waals surface area (Å²) >= 11 is 17.2. The molecule has 0 bridgehead atoms. The van der Waals surface area contributed by atoms with E-state index in [0.717, 1.165) is 17.0 Å². The fourth-order valence-corrected chi connectivity index (χ4v) is 2.64. The van der Waals surface area contributed by atoms with Crippen LogP contribution in [0.5, 0.6) is 11.5 Å². The van der Waals surface area contributed by atoms with Crippen LogP contribution < -0.4 is 20.1 Å². The molecule has 0 amide bonds. The second-order valence-corrected chi connectivity index (χ2v) is 6.14. The van der Waals surface area contributed by atoms with E-state index < -0.39 is 0 Å². The van der Waals surface area contributed by atoms with Crippen LogP contribution in [-0.2, 0) is 6.54 Å².